The zero-order valence-electron chi connectivity index (χ0n) is 11.8. The van der Waals surface area contributed by atoms with Crippen molar-refractivity contribution in [3.63, 3.8) is 0 Å². The van der Waals surface area contributed by atoms with E-state index in [2.05, 4.69) is 16.8 Å². The first-order chi connectivity index (χ1) is 9.95. The molecule has 1 atom stereocenters. The molecule has 0 amide bonds. The highest BCUT2D eigenvalue weighted by atomic mass is 19.4. The predicted octanol–water partition coefficient (Wildman–Crippen LogP) is 4.49. The number of anilines is 1. The molecule has 1 aliphatic heterocycles. The maximum atomic E-state index is 13.1. The number of rotatable bonds is 1. The van der Waals surface area contributed by atoms with Gasteiger partial charge in [-0.15, -0.1) is 0 Å². The van der Waals surface area contributed by atoms with Gasteiger partial charge in [0.15, 0.2) is 0 Å². The molecular formula is C16H17F3N2. The minimum Gasteiger partial charge on any atom is -0.371 e. The number of fused-ring (bicyclic) bond motifs is 1. The van der Waals surface area contributed by atoms with Gasteiger partial charge in [0.25, 0.3) is 0 Å². The molecule has 0 saturated carbocycles. The first-order valence-electron chi connectivity index (χ1n) is 7.17. The molecule has 1 saturated heterocycles. The van der Waals surface area contributed by atoms with E-state index in [0.29, 0.717) is 17.1 Å². The summed E-state index contributed by atoms with van der Waals surface area (Å²) >= 11 is 0. The maximum Gasteiger partial charge on any atom is 0.433 e. The van der Waals surface area contributed by atoms with Crippen molar-refractivity contribution in [2.24, 2.45) is 5.92 Å². The van der Waals surface area contributed by atoms with Gasteiger partial charge in [0.05, 0.1) is 5.52 Å². The fourth-order valence-corrected chi connectivity index (χ4v) is 2.97. The largest absolute Gasteiger partial charge is 0.433 e. The lowest BCUT2D eigenvalue weighted by Crippen LogP contribution is -2.34. The third-order valence-corrected chi connectivity index (χ3v) is 3.98. The molecule has 3 rings (SSSR count). The second-order valence-electron chi connectivity index (χ2n) is 5.73. The van der Waals surface area contributed by atoms with Crippen molar-refractivity contribution in [1.82, 2.24) is 4.98 Å². The Bertz CT molecular complexity index is 652. The maximum absolute atomic E-state index is 13.1. The van der Waals surface area contributed by atoms with E-state index in [9.17, 15) is 13.2 Å². The van der Waals surface area contributed by atoms with Crippen LogP contribution in [0.25, 0.3) is 10.9 Å². The highest BCUT2D eigenvalue weighted by Gasteiger charge is 2.34. The Morgan fingerprint density at radius 3 is 2.71 bits per heavy atom. The molecule has 2 nitrogen and oxygen atoms in total. The van der Waals surface area contributed by atoms with Crippen molar-refractivity contribution in [1.29, 1.82) is 0 Å². The normalized spacial score (nSPS) is 20.0. The molecule has 0 aliphatic carbocycles. The van der Waals surface area contributed by atoms with Crippen LogP contribution in [0, 0.1) is 5.92 Å². The minimum atomic E-state index is -4.42. The molecule has 1 fully saturated rings. The monoisotopic (exact) mass is 294 g/mol. The Balaban J connectivity index is 2.14. The van der Waals surface area contributed by atoms with Crippen LogP contribution in [0.1, 0.15) is 25.5 Å². The molecule has 1 aromatic carbocycles. The van der Waals surface area contributed by atoms with Crippen LogP contribution in [0.15, 0.2) is 30.3 Å². The Morgan fingerprint density at radius 1 is 1.24 bits per heavy atom. The van der Waals surface area contributed by atoms with Gasteiger partial charge in [0.1, 0.15) is 5.69 Å². The molecule has 0 bridgehead atoms. The number of hydrogen-bond donors (Lipinski definition) is 0. The number of nitrogens with zero attached hydrogens (tertiary/aromatic N) is 2. The molecule has 2 heterocycles. The predicted molar refractivity (Wildman–Crippen MR) is 77.4 cm³/mol. The SMILES string of the molecule is CC1CCCN(c2cc(C(F)(F)F)nc3ccccc23)C1. The van der Waals surface area contributed by atoms with Gasteiger partial charge >= 0.3 is 6.18 Å². The summed E-state index contributed by atoms with van der Waals surface area (Å²) < 4.78 is 39.2. The van der Waals surface area contributed by atoms with Crippen molar-refractivity contribution < 1.29 is 13.2 Å². The fraction of sp³-hybridized carbons (Fsp3) is 0.438. The van der Waals surface area contributed by atoms with E-state index in [4.69, 9.17) is 0 Å². The minimum absolute atomic E-state index is 0.403. The van der Waals surface area contributed by atoms with Gasteiger partial charge in [0.2, 0.25) is 0 Å². The van der Waals surface area contributed by atoms with Gasteiger partial charge in [-0.3, -0.25) is 0 Å². The lowest BCUT2D eigenvalue weighted by molar-refractivity contribution is -0.140. The summed E-state index contributed by atoms with van der Waals surface area (Å²) in [6.45, 7) is 3.74. The van der Waals surface area contributed by atoms with Crippen LogP contribution in [0.5, 0.6) is 0 Å². The standard InChI is InChI=1S/C16H17F3N2/c1-11-5-4-8-21(10-11)14-9-15(16(17,18)19)20-13-7-3-2-6-12(13)14/h2-3,6-7,9,11H,4-5,8,10H2,1H3. The molecule has 1 unspecified atom stereocenters. The molecule has 1 aliphatic rings. The molecule has 5 heteroatoms. The summed E-state index contributed by atoms with van der Waals surface area (Å²) in [7, 11) is 0. The van der Waals surface area contributed by atoms with Crippen molar-refractivity contribution in [3.05, 3.63) is 36.0 Å². The fourth-order valence-electron chi connectivity index (χ4n) is 2.97. The number of benzene rings is 1. The second kappa shape index (κ2) is 5.20. The first-order valence-corrected chi connectivity index (χ1v) is 7.17. The molecule has 112 valence electrons. The van der Waals surface area contributed by atoms with Gasteiger partial charge in [-0.2, -0.15) is 13.2 Å². The Labute approximate surface area is 121 Å². The lowest BCUT2D eigenvalue weighted by Gasteiger charge is -2.33. The van der Waals surface area contributed by atoms with Crippen LogP contribution in [0.2, 0.25) is 0 Å². The van der Waals surface area contributed by atoms with Crippen LogP contribution >= 0.6 is 0 Å². The highest BCUT2D eigenvalue weighted by molar-refractivity contribution is 5.92. The summed E-state index contributed by atoms with van der Waals surface area (Å²) in [4.78, 5) is 5.83. The number of hydrogen-bond acceptors (Lipinski definition) is 2. The van der Waals surface area contributed by atoms with Crippen molar-refractivity contribution in [2.75, 3.05) is 18.0 Å². The number of piperidine rings is 1. The summed E-state index contributed by atoms with van der Waals surface area (Å²) in [6.07, 6.45) is -2.27. The smallest absolute Gasteiger partial charge is 0.371 e. The van der Waals surface area contributed by atoms with Gasteiger partial charge < -0.3 is 4.90 Å². The average Bonchev–Trinajstić information content (AvgIpc) is 2.45. The summed E-state index contributed by atoms with van der Waals surface area (Å²) in [5.41, 5.74) is 0.245. The number of pyridine rings is 1. The van der Waals surface area contributed by atoms with Crippen molar-refractivity contribution in [3.8, 4) is 0 Å². The van der Waals surface area contributed by atoms with Crippen LogP contribution in [-0.4, -0.2) is 18.1 Å². The number of halogens is 3. The van der Waals surface area contributed by atoms with Crippen LogP contribution in [-0.2, 0) is 6.18 Å². The van der Waals surface area contributed by atoms with E-state index in [0.717, 1.165) is 31.3 Å². The van der Waals surface area contributed by atoms with Gasteiger partial charge in [-0.25, -0.2) is 4.98 Å². The highest BCUT2D eigenvalue weighted by Crippen LogP contribution is 2.35. The van der Waals surface area contributed by atoms with Gasteiger partial charge in [-0.1, -0.05) is 25.1 Å². The number of alkyl halides is 3. The van der Waals surface area contributed by atoms with E-state index in [1.807, 2.05) is 12.1 Å². The first kappa shape index (κ1) is 14.2. The second-order valence-corrected chi connectivity index (χ2v) is 5.73. The van der Waals surface area contributed by atoms with Gasteiger partial charge in [-0.05, 0) is 30.9 Å². The molecule has 21 heavy (non-hydrogen) atoms. The topological polar surface area (TPSA) is 16.1 Å². The zero-order valence-corrected chi connectivity index (χ0v) is 11.8. The average molecular weight is 294 g/mol. The van der Waals surface area contributed by atoms with Crippen LogP contribution < -0.4 is 4.90 Å². The molecule has 1 aromatic heterocycles. The number of aromatic nitrogens is 1. The van der Waals surface area contributed by atoms with E-state index in [1.165, 1.54) is 6.07 Å². The Morgan fingerprint density at radius 2 is 2.00 bits per heavy atom. The number of para-hydroxylation sites is 1. The summed E-state index contributed by atoms with van der Waals surface area (Å²) in [5.74, 6) is 0.500. The lowest BCUT2D eigenvalue weighted by atomic mass is 9.99. The molecule has 0 N–H and O–H groups in total. The Kier molecular flexibility index (Phi) is 3.51. The molecule has 2 aromatic rings. The van der Waals surface area contributed by atoms with E-state index in [-0.39, 0.29) is 0 Å². The van der Waals surface area contributed by atoms with Gasteiger partial charge in [0, 0.05) is 24.2 Å². The van der Waals surface area contributed by atoms with Crippen LogP contribution in [0.4, 0.5) is 18.9 Å². The van der Waals surface area contributed by atoms with E-state index >= 15 is 0 Å². The summed E-state index contributed by atoms with van der Waals surface area (Å²) in [6, 6.07) is 8.24. The van der Waals surface area contributed by atoms with E-state index < -0.39 is 11.9 Å². The molecular weight excluding hydrogens is 277 g/mol. The third-order valence-electron chi connectivity index (χ3n) is 3.98. The quantitative estimate of drug-likeness (QED) is 0.770. The third kappa shape index (κ3) is 2.82. The molecule has 0 radical (unpaired) electrons. The van der Waals surface area contributed by atoms with Crippen molar-refractivity contribution in [2.45, 2.75) is 25.9 Å². The van der Waals surface area contributed by atoms with Crippen molar-refractivity contribution >= 4 is 16.6 Å². The molecule has 0 spiro atoms. The zero-order chi connectivity index (χ0) is 15.0. The van der Waals surface area contributed by atoms with Crippen LogP contribution in [0.3, 0.4) is 0 Å². The van der Waals surface area contributed by atoms with E-state index in [1.54, 1.807) is 12.1 Å². The summed E-state index contributed by atoms with van der Waals surface area (Å²) in [5, 5.41) is 0.791. The Hall–Kier alpha value is -1.78.